The third-order valence-electron chi connectivity index (χ3n) is 1.90. The molecule has 0 bridgehead atoms. The minimum absolute atomic E-state index is 0.102. The van der Waals surface area contributed by atoms with Gasteiger partial charge in [0.15, 0.2) is 11.6 Å². The summed E-state index contributed by atoms with van der Waals surface area (Å²) in [6, 6.07) is 2.13. The first-order valence-electron chi connectivity index (χ1n) is 4.10. The second kappa shape index (κ2) is 4.72. The Labute approximate surface area is 89.5 Å². The van der Waals surface area contributed by atoms with Crippen LogP contribution in [0.15, 0.2) is 16.6 Å². The van der Waals surface area contributed by atoms with Crippen LogP contribution in [0.2, 0.25) is 0 Å². The lowest BCUT2D eigenvalue weighted by Crippen LogP contribution is -2.12. The normalized spacial score (nSPS) is 12.9. The van der Waals surface area contributed by atoms with Gasteiger partial charge >= 0.3 is 0 Å². The third kappa shape index (κ3) is 2.43. The Balaban J connectivity index is 3.07. The first kappa shape index (κ1) is 11.4. The summed E-state index contributed by atoms with van der Waals surface area (Å²) in [5.41, 5.74) is 5.93. The summed E-state index contributed by atoms with van der Waals surface area (Å²) in [5.74, 6) is -1.17. The second-order valence-corrected chi connectivity index (χ2v) is 3.86. The molecule has 0 aliphatic carbocycles. The van der Waals surface area contributed by atoms with Crippen molar-refractivity contribution in [3.63, 3.8) is 0 Å². The van der Waals surface area contributed by atoms with Gasteiger partial charge in [-0.25, -0.2) is 4.39 Å². The fraction of sp³-hybridized carbons (Fsp3) is 0.333. The zero-order chi connectivity index (χ0) is 10.7. The first-order chi connectivity index (χ1) is 6.56. The van der Waals surface area contributed by atoms with E-state index < -0.39 is 17.6 Å². The van der Waals surface area contributed by atoms with Crippen molar-refractivity contribution < 1.29 is 14.6 Å². The van der Waals surface area contributed by atoms with Crippen LogP contribution in [0.1, 0.15) is 18.0 Å². The quantitative estimate of drug-likeness (QED) is 0.778. The number of hydrogen-bond donors (Lipinski definition) is 3. The van der Waals surface area contributed by atoms with Gasteiger partial charge in [0.05, 0.1) is 0 Å². The van der Waals surface area contributed by atoms with E-state index in [1.165, 1.54) is 0 Å². The lowest BCUT2D eigenvalue weighted by molar-refractivity contribution is 0.275. The van der Waals surface area contributed by atoms with E-state index in [1.807, 2.05) is 0 Å². The van der Waals surface area contributed by atoms with E-state index in [0.29, 0.717) is 10.0 Å². The molecule has 0 unspecified atom stereocenters. The average molecular weight is 264 g/mol. The molecule has 1 atom stereocenters. The highest BCUT2D eigenvalue weighted by atomic mass is 79.9. The number of aromatic hydroxyl groups is 1. The van der Waals surface area contributed by atoms with Crippen molar-refractivity contribution in [1.82, 2.24) is 0 Å². The lowest BCUT2D eigenvalue weighted by atomic mass is 10.0. The summed E-state index contributed by atoms with van der Waals surface area (Å²) in [7, 11) is 0. The molecule has 1 rings (SSSR count). The maximum atomic E-state index is 13.0. The Kier molecular flexibility index (Phi) is 3.86. The SMILES string of the molecule is N[C@@H](CCO)c1cc(Br)cc(F)c1O. The number of phenols is 1. The van der Waals surface area contributed by atoms with Gasteiger partial charge in [-0.1, -0.05) is 15.9 Å². The van der Waals surface area contributed by atoms with E-state index >= 15 is 0 Å². The molecule has 0 fully saturated rings. The van der Waals surface area contributed by atoms with Crippen LogP contribution in [0.3, 0.4) is 0 Å². The van der Waals surface area contributed by atoms with E-state index in [2.05, 4.69) is 15.9 Å². The molecule has 0 radical (unpaired) electrons. The van der Waals surface area contributed by atoms with Crippen LogP contribution in [0.25, 0.3) is 0 Å². The summed E-state index contributed by atoms with van der Waals surface area (Å²) >= 11 is 3.10. The van der Waals surface area contributed by atoms with Crippen molar-refractivity contribution in [2.75, 3.05) is 6.61 Å². The Morgan fingerprint density at radius 3 is 2.71 bits per heavy atom. The molecule has 0 spiro atoms. The highest BCUT2D eigenvalue weighted by molar-refractivity contribution is 9.10. The molecule has 0 saturated carbocycles. The molecule has 0 aliphatic rings. The van der Waals surface area contributed by atoms with Crippen LogP contribution in [0.5, 0.6) is 5.75 Å². The van der Waals surface area contributed by atoms with Crippen LogP contribution >= 0.6 is 15.9 Å². The minimum atomic E-state index is -0.720. The number of aliphatic hydroxyl groups excluding tert-OH is 1. The molecular formula is C9H11BrFNO2. The monoisotopic (exact) mass is 263 g/mol. The Morgan fingerprint density at radius 2 is 2.14 bits per heavy atom. The number of aliphatic hydroxyl groups is 1. The smallest absolute Gasteiger partial charge is 0.166 e. The Morgan fingerprint density at radius 1 is 1.50 bits per heavy atom. The van der Waals surface area contributed by atoms with Crippen LogP contribution in [0.4, 0.5) is 4.39 Å². The van der Waals surface area contributed by atoms with Crippen molar-refractivity contribution in [3.8, 4) is 5.75 Å². The number of nitrogens with two attached hydrogens (primary N) is 1. The highest BCUT2D eigenvalue weighted by Crippen LogP contribution is 2.30. The van der Waals surface area contributed by atoms with Gasteiger partial charge in [0.25, 0.3) is 0 Å². The number of halogens is 2. The third-order valence-corrected chi connectivity index (χ3v) is 2.36. The largest absolute Gasteiger partial charge is 0.505 e. The summed E-state index contributed by atoms with van der Waals surface area (Å²) < 4.78 is 13.6. The summed E-state index contributed by atoms with van der Waals surface area (Å²) in [5, 5.41) is 18.0. The van der Waals surface area contributed by atoms with Crippen LogP contribution < -0.4 is 5.73 Å². The van der Waals surface area contributed by atoms with Crippen LogP contribution in [-0.4, -0.2) is 16.8 Å². The minimum Gasteiger partial charge on any atom is -0.505 e. The van der Waals surface area contributed by atoms with Gasteiger partial charge in [-0.2, -0.15) is 0 Å². The molecule has 5 heteroatoms. The van der Waals surface area contributed by atoms with E-state index in [-0.39, 0.29) is 13.0 Å². The standard InChI is InChI=1S/C9H11BrFNO2/c10-5-3-6(8(12)1-2-13)9(14)7(11)4-5/h3-4,8,13-14H,1-2,12H2/t8-/m0/s1. The van der Waals surface area contributed by atoms with E-state index in [4.69, 9.17) is 10.8 Å². The van der Waals surface area contributed by atoms with Crippen molar-refractivity contribution in [2.45, 2.75) is 12.5 Å². The summed E-state index contributed by atoms with van der Waals surface area (Å²) in [6.45, 7) is -0.102. The molecule has 4 N–H and O–H groups in total. The van der Waals surface area contributed by atoms with Gasteiger partial charge in [0, 0.05) is 22.7 Å². The molecule has 0 amide bonds. The molecule has 0 aliphatic heterocycles. The summed E-state index contributed by atoms with van der Waals surface area (Å²) in [4.78, 5) is 0. The molecule has 14 heavy (non-hydrogen) atoms. The molecular weight excluding hydrogens is 253 g/mol. The highest BCUT2D eigenvalue weighted by Gasteiger charge is 2.14. The Hall–Kier alpha value is -0.650. The second-order valence-electron chi connectivity index (χ2n) is 2.94. The van der Waals surface area contributed by atoms with Gasteiger partial charge in [-0.3, -0.25) is 0 Å². The predicted octanol–water partition coefficient (Wildman–Crippen LogP) is 1.68. The maximum absolute atomic E-state index is 13.0. The average Bonchev–Trinajstić information content (AvgIpc) is 2.11. The fourth-order valence-corrected chi connectivity index (χ4v) is 1.61. The van der Waals surface area contributed by atoms with Crippen molar-refractivity contribution in [3.05, 3.63) is 28.0 Å². The molecule has 0 heterocycles. The molecule has 3 nitrogen and oxygen atoms in total. The number of phenolic OH excluding ortho intramolecular Hbond substituents is 1. The van der Waals surface area contributed by atoms with E-state index in [1.54, 1.807) is 6.07 Å². The topological polar surface area (TPSA) is 66.5 Å². The van der Waals surface area contributed by atoms with Gasteiger partial charge in [0.1, 0.15) is 0 Å². The van der Waals surface area contributed by atoms with Crippen molar-refractivity contribution in [2.24, 2.45) is 5.73 Å². The molecule has 1 aromatic carbocycles. The summed E-state index contributed by atoms with van der Waals surface area (Å²) in [6.07, 6.45) is 0.281. The fourth-order valence-electron chi connectivity index (χ4n) is 1.16. The molecule has 0 saturated heterocycles. The predicted molar refractivity (Wildman–Crippen MR) is 54.4 cm³/mol. The van der Waals surface area contributed by atoms with E-state index in [9.17, 15) is 9.50 Å². The Bertz CT molecular complexity index is 333. The zero-order valence-electron chi connectivity index (χ0n) is 7.37. The molecule has 78 valence electrons. The molecule has 1 aromatic rings. The van der Waals surface area contributed by atoms with Gasteiger partial charge < -0.3 is 15.9 Å². The first-order valence-corrected chi connectivity index (χ1v) is 4.90. The number of benzene rings is 1. The van der Waals surface area contributed by atoms with Crippen LogP contribution in [0, 0.1) is 5.82 Å². The number of hydrogen-bond acceptors (Lipinski definition) is 3. The van der Waals surface area contributed by atoms with E-state index in [0.717, 1.165) is 6.07 Å². The van der Waals surface area contributed by atoms with Crippen molar-refractivity contribution >= 4 is 15.9 Å². The lowest BCUT2D eigenvalue weighted by Gasteiger charge is -2.13. The van der Waals surface area contributed by atoms with Crippen LogP contribution in [-0.2, 0) is 0 Å². The van der Waals surface area contributed by atoms with Crippen molar-refractivity contribution in [1.29, 1.82) is 0 Å². The zero-order valence-corrected chi connectivity index (χ0v) is 8.96. The van der Waals surface area contributed by atoms with Gasteiger partial charge in [0.2, 0.25) is 0 Å². The number of rotatable bonds is 3. The molecule has 0 aromatic heterocycles. The van der Waals surface area contributed by atoms with Gasteiger partial charge in [-0.15, -0.1) is 0 Å². The maximum Gasteiger partial charge on any atom is 0.166 e. The van der Waals surface area contributed by atoms with Gasteiger partial charge in [-0.05, 0) is 18.6 Å².